The minimum Gasteiger partial charge on any atom is -0.372 e. The van der Waals surface area contributed by atoms with Crippen molar-refractivity contribution in [3.8, 4) is 0 Å². The van der Waals surface area contributed by atoms with Gasteiger partial charge in [0.1, 0.15) is 18.0 Å². The molecule has 3 N–H and O–H groups in total. The smallest absolute Gasteiger partial charge is 0.141 e. The largest absolute Gasteiger partial charge is 0.372 e. The SMILES string of the molecule is C=CC=C.CNc1ncnc(NC2CC3CN(C)CC3C2)c1C(=N)c1ccc(N=C(C)C)c(C)c1. The first kappa shape index (κ1) is 26.3. The van der Waals surface area contributed by atoms with Gasteiger partial charge in [0, 0.05) is 37.5 Å². The molecule has 0 radical (unpaired) electrons. The number of aliphatic imine (C=N–C) groups is 1. The van der Waals surface area contributed by atoms with Crippen molar-refractivity contribution in [2.75, 3.05) is 37.8 Å². The highest BCUT2D eigenvalue weighted by atomic mass is 15.1. The molecule has 2 aromatic rings. The highest BCUT2D eigenvalue weighted by Crippen LogP contribution is 2.39. The summed E-state index contributed by atoms with van der Waals surface area (Å²) in [5, 5.41) is 15.8. The van der Waals surface area contributed by atoms with Gasteiger partial charge in [0.05, 0.1) is 17.0 Å². The average molecular weight is 474 g/mol. The van der Waals surface area contributed by atoms with E-state index in [-0.39, 0.29) is 0 Å². The Bertz CT molecular complexity index is 1080. The third-order valence-electron chi connectivity index (χ3n) is 6.60. The van der Waals surface area contributed by atoms with Crippen LogP contribution >= 0.6 is 0 Å². The maximum Gasteiger partial charge on any atom is 0.141 e. The van der Waals surface area contributed by atoms with Crippen molar-refractivity contribution in [1.82, 2.24) is 14.9 Å². The number of rotatable bonds is 7. The molecule has 0 bridgehead atoms. The second-order valence-corrected chi connectivity index (χ2v) is 9.66. The summed E-state index contributed by atoms with van der Waals surface area (Å²) in [6, 6.07) is 6.36. The summed E-state index contributed by atoms with van der Waals surface area (Å²) < 4.78 is 0. The zero-order valence-electron chi connectivity index (χ0n) is 21.7. The Hall–Kier alpha value is -3.32. The van der Waals surface area contributed by atoms with Crippen LogP contribution in [0.2, 0.25) is 0 Å². The molecule has 1 aromatic heterocycles. The van der Waals surface area contributed by atoms with E-state index >= 15 is 0 Å². The molecule has 35 heavy (non-hydrogen) atoms. The lowest BCUT2D eigenvalue weighted by Crippen LogP contribution is -2.24. The van der Waals surface area contributed by atoms with Crippen LogP contribution in [-0.2, 0) is 0 Å². The van der Waals surface area contributed by atoms with Crippen LogP contribution in [0.3, 0.4) is 0 Å². The van der Waals surface area contributed by atoms with Gasteiger partial charge in [-0.3, -0.25) is 10.4 Å². The van der Waals surface area contributed by atoms with Crippen LogP contribution in [0.1, 0.15) is 43.4 Å². The van der Waals surface area contributed by atoms with Gasteiger partial charge in [-0.15, -0.1) is 0 Å². The third kappa shape index (κ3) is 6.42. The number of nitrogens with zero attached hydrogens (tertiary/aromatic N) is 4. The molecule has 0 spiro atoms. The summed E-state index contributed by atoms with van der Waals surface area (Å²) in [6.45, 7) is 15.1. The number of allylic oxidation sites excluding steroid dienone is 2. The Balaban J connectivity index is 0.000000795. The summed E-state index contributed by atoms with van der Waals surface area (Å²) in [5.41, 5.74) is 4.98. The quantitative estimate of drug-likeness (QED) is 0.367. The predicted molar refractivity (Wildman–Crippen MR) is 149 cm³/mol. The molecule has 2 aliphatic rings. The van der Waals surface area contributed by atoms with E-state index in [9.17, 15) is 0 Å². The van der Waals surface area contributed by atoms with E-state index in [4.69, 9.17) is 5.41 Å². The van der Waals surface area contributed by atoms with Crippen LogP contribution in [0.5, 0.6) is 0 Å². The van der Waals surface area contributed by atoms with Crippen molar-refractivity contribution < 1.29 is 0 Å². The Labute approximate surface area is 210 Å². The van der Waals surface area contributed by atoms with E-state index in [0.29, 0.717) is 17.6 Å². The maximum absolute atomic E-state index is 8.99. The summed E-state index contributed by atoms with van der Waals surface area (Å²) in [7, 11) is 4.05. The first-order chi connectivity index (χ1) is 16.8. The number of hydrogen-bond donors (Lipinski definition) is 3. The van der Waals surface area contributed by atoms with E-state index in [1.165, 1.54) is 13.1 Å². The highest BCUT2D eigenvalue weighted by Gasteiger charge is 2.40. The average Bonchev–Trinajstić information content (AvgIpc) is 3.36. The lowest BCUT2D eigenvalue weighted by molar-refractivity contribution is 0.374. The van der Waals surface area contributed by atoms with Gasteiger partial charge in [0.2, 0.25) is 0 Å². The molecule has 2 fully saturated rings. The molecule has 2 heterocycles. The van der Waals surface area contributed by atoms with Crippen LogP contribution in [0.15, 0.2) is 54.8 Å². The molecule has 1 saturated heterocycles. The number of anilines is 2. The van der Waals surface area contributed by atoms with Crippen molar-refractivity contribution in [1.29, 1.82) is 5.41 Å². The first-order valence-corrected chi connectivity index (χ1v) is 12.2. The van der Waals surface area contributed by atoms with Crippen molar-refractivity contribution in [3.05, 3.63) is 66.5 Å². The number of likely N-dealkylation sites (tertiary alicyclic amines) is 1. The van der Waals surface area contributed by atoms with Gasteiger partial charge in [0.25, 0.3) is 0 Å². The molecule has 4 rings (SSSR count). The van der Waals surface area contributed by atoms with Crippen molar-refractivity contribution in [2.45, 2.75) is 39.7 Å². The first-order valence-electron chi connectivity index (χ1n) is 12.2. The third-order valence-corrected chi connectivity index (χ3v) is 6.60. The van der Waals surface area contributed by atoms with Gasteiger partial charge in [-0.25, -0.2) is 9.97 Å². The monoisotopic (exact) mass is 473 g/mol. The zero-order valence-corrected chi connectivity index (χ0v) is 21.7. The molecule has 2 atom stereocenters. The number of nitrogens with one attached hydrogen (secondary N) is 3. The molecule has 1 aliphatic heterocycles. The highest BCUT2D eigenvalue weighted by molar-refractivity contribution is 6.16. The molecular formula is C28H39N7. The van der Waals surface area contributed by atoms with Gasteiger partial charge in [-0.05, 0) is 70.2 Å². The second-order valence-electron chi connectivity index (χ2n) is 9.66. The van der Waals surface area contributed by atoms with E-state index < -0.39 is 0 Å². The molecule has 7 heteroatoms. The predicted octanol–water partition coefficient (Wildman–Crippen LogP) is 5.47. The number of benzene rings is 1. The minimum absolute atomic E-state index is 0.390. The number of hydrogen-bond acceptors (Lipinski definition) is 7. The van der Waals surface area contributed by atoms with E-state index in [1.54, 1.807) is 18.5 Å². The molecule has 1 aromatic carbocycles. The minimum atomic E-state index is 0.390. The fraction of sp³-hybridized carbons (Fsp3) is 0.429. The van der Waals surface area contributed by atoms with Crippen LogP contribution in [-0.4, -0.2) is 59.5 Å². The van der Waals surface area contributed by atoms with Crippen molar-refractivity contribution in [2.24, 2.45) is 16.8 Å². The standard InChI is InChI=1S/C24H33N7.C4H6/c1-14(2)29-20-7-6-16(8-15(20)3)22(25)21-23(26-4)27-13-28-24(21)30-19-9-17-11-31(5)12-18(17)10-19;1-3-4-2/h6-8,13,17-19,25H,9-12H2,1-5H3,(H2,26,27,28,30);3-4H,1-2H2. The van der Waals surface area contributed by atoms with Crippen LogP contribution in [0.25, 0.3) is 0 Å². The molecular weight excluding hydrogens is 434 g/mol. The Kier molecular flexibility index (Phi) is 8.93. The Morgan fingerprint density at radius 2 is 1.74 bits per heavy atom. The summed E-state index contributed by atoms with van der Waals surface area (Å²) in [4.78, 5) is 16.0. The Morgan fingerprint density at radius 3 is 2.29 bits per heavy atom. The lowest BCUT2D eigenvalue weighted by atomic mass is 10.00. The number of aryl methyl sites for hydroxylation is 1. The lowest BCUT2D eigenvalue weighted by Gasteiger charge is -2.20. The van der Waals surface area contributed by atoms with Crippen LogP contribution in [0.4, 0.5) is 17.3 Å². The fourth-order valence-corrected chi connectivity index (χ4v) is 5.09. The topological polar surface area (TPSA) is 89.3 Å². The number of fused-ring (bicyclic) bond motifs is 1. The Morgan fingerprint density at radius 1 is 1.11 bits per heavy atom. The molecule has 186 valence electrons. The van der Waals surface area contributed by atoms with E-state index in [1.807, 2.05) is 46.0 Å². The summed E-state index contributed by atoms with van der Waals surface area (Å²) in [6.07, 6.45) is 7.16. The molecule has 1 aliphatic carbocycles. The van der Waals surface area contributed by atoms with Crippen LogP contribution in [0, 0.1) is 24.2 Å². The van der Waals surface area contributed by atoms with Crippen molar-refractivity contribution in [3.63, 3.8) is 0 Å². The fourth-order valence-electron chi connectivity index (χ4n) is 5.09. The van der Waals surface area contributed by atoms with Crippen molar-refractivity contribution >= 4 is 28.7 Å². The second kappa shape index (κ2) is 11.9. The van der Waals surface area contributed by atoms with Gasteiger partial charge < -0.3 is 15.5 Å². The van der Waals surface area contributed by atoms with E-state index in [0.717, 1.165) is 58.6 Å². The summed E-state index contributed by atoms with van der Waals surface area (Å²) in [5.74, 6) is 2.93. The molecule has 1 saturated carbocycles. The van der Waals surface area contributed by atoms with Gasteiger partial charge >= 0.3 is 0 Å². The van der Waals surface area contributed by atoms with Crippen LogP contribution < -0.4 is 10.6 Å². The van der Waals surface area contributed by atoms with E-state index in [2.05, 4.69) is 50.7 Å². The van der Waals surface area contributed by atoms with Gasteiger partial charge in [0.15, 0.2) is 0 Å². The van der Waals surface area contributed by atoms with Gasteiger partial charge in [-0.1, -0.05) is 31.4 Å². The summed E-state index contributed by atoms with van der Waals surface area (Å²) >= 11 is 0. The normalized spacial score (nSPS) is 20.8. The maximum atomic E-state index is 8.99. The zero-order chi connectivity index (χ0) is 25.5. The molecule has 2 unspecified atom stereocenters. The van der Waals surface area contributed by atoms with Gasteiger partial charge in [-0.2, -0.15) is 0 Å². The molecule has 0 amide bonds. The molecule has 7 nitrogen and oxygen atoms in total. The number of aromatic nitrogens is 2.